The van der Waals surface area contributed by atoms with Crippen molar-refractivity contribution in [3.05, 3.63) is 36.5 Å². The first-order chi connectivity index (χ1) is 5.09. The van der Waals surface area contributed by atoms with Gasteiger partial charge in [0.1, 0.15) is 0 Å². The maximum atomic E-state index is 3.94. The number of hydrogen-bond acceptors (Lipinski definition) is 0. The molecular formula is C11H20. The molecule has 11 heavy (non-hydrogen) atoms. The van der Waals surface area contributed by atoms with Crippen LogP contribution in [0.25, 0.3) is 0 Å². The topological polar surface area (TPSA) is 0 Å². The highest BCUT2D eigenvalue weighted by atomic mass is 14.0. The van der Waals surface area contributed by atoms with E-state index < -0.39 is 0 Å². The fraction of sp³-hybridized carbons (Fsp3) is 0.455. The van der Waals surface area contributed by atoms with Crippen molar-refractivity contribution in [1.82, 2.24) is 0 Å². The molecule has 0 saturated carbocycles. The Morgan fingerprint density at radius 3 is 1.55 bits per heavy atom. The van der Waals surface area contributed by atoms with E-state index in [4.69, 9.17) is 0 Å². The average Bonchev–Trinajstić information content (AvgIpc) is 2.05. The van der Waals surface area contributed by atoms with Crippen molar-refractivity contribution in [1.29, 1.82) is 0 Å². The summed E-state index contributed by atoms with van der Waals surface area (Å²) < 4.78 is 0. The monoisotopic (exact) mass is 152 g/mol. The number of allylic oxidation sites excluding steroid dienone is 3. The van der Waals surface area contributed by atoms with Crippen LogP contribution in [-0.4, -0.2) is 0 Å². The quantitative estimate of drug-likeness (QED) is 0.412. The second-order valence-corrected chi connectivity index (χ2v) is 2.58. The molecule has 0 aliphatic heterocycles. The predicted octanol–water partition coefficient (Wildman–Crippen LogP) is 4.11. The van der Waals surface area contributed by atoms with Crippen LogP contribution in [0.5, 0.6) is 0 Å². The lowest BCUT2D eigenvalue weighted by Crippen LogP contribution is -1.83. The molecule has 0 atom stereocenters. The van der Waals surface area contributed by atoms with E-state index >= 15 is 0 Å². The van der Waals surface area contributed by atoms with E-state index in [9.17, 15) is 0 Å². The Morgan fingerprint density at radius 2 is 1.45 bits per heavy atom. The molecule has 64 valence electrons. The zero-order valence-electron chi connectivity index (χ0n) is 8.33. The summed E-state index contributed by atoms with van der Waals surface area (Å²) in [7, 11) is 0. The third-order valence-corrected chi connectivity index (χ3v) is 1.71. The second kappa shape index (κ2) is 7.33. The van der Waals surface area contributed by atoms with Crippen LogP contribution in [0.4, 0.5) is 0 Å². The lowest BCUT2D eigenvalue weighted by atomic mass is 10.0. The van der Waals surface area contributed by atoms with E-state index in [2.05, 4.69) is 47.4 Å². The van der Waals surface area contributed by atoms with E-state index in [0.29, 0.717) is 0 Å². The molecule has 0 heteroatoms. The largest absolute Gasteiger partial charge is 0.106 e. The first-order valence-electron chi connectivity index (χ1n) is 3.91. The van der Waals surface area contributed by atoms with Gasteiger partial charge in [-0.25, -0.2) is 0 Å². The lowest BCUT2D eigenvalue weighted by molar-refractivity contribution is 1.09. The lowest BCUT2D eigenvalue weighted by Gasteiger charge is -2.03. The van der Waals surface area contributed by atoms with Gasteiger partial charge in [0, 0.05) is 0 Å². The van der Waals surface area contributed by atoms with Crippen LogP contribution in [0.3, 0.4) is 0 Å². The van der Waals surface area contributed by atoms with Crippen molar-refractivity contribution in [3.8, 4) is 0 Å². The van der Waals surface area contributed by atoms with Gasteiger partial charge in [-0.15, -0.1) is 13.2 Å². The minimum Gasteiger partial charge on any atom is -0.106 e. The highest BCUT2D eigenvalue weighted by molar-refractivity contribution is 5.29. The van der Waals surface area contributed by atoms with Crippen LogP contribution in [0.15, 0.2) is 36.5 Å². The van der Waals surface area contributed by atoms with Gasteiger partial charge in [-0.05, 0) is 32.8 Å². The van der Waals surface area contributed by atoms with Crippen molar-refractivity contribution in [2.24, 2.45) is 0 Å². The minimum absolute atomic E-state index is 1.07. The molecule has 0 radical (unpaired) electrons. The van der Waals surface area contributed by atoms with E-state index in [1.165, 1.54) is 16.7 Å². The Labute approximate surface area is 71.3 Å². The molecule has 0 aliphatic carbocycles. The van der Waals surface area contributed by atoms with Crippen LogP contribution in [0, 0.1) is 0 Å². The first kappa shape index (κ1) is 12.9. The van der Waals surface area contributed by atoms with Crippen molar-refractivity contribution in [3.63, 3.8) is 0 Å². The molecule has 0 heterocycles. The molecular weight excluding hydrogens is 132 g/mol. The van der Waals surface area contributed by atoms with Gasteiger partial charge in [0.2, 0.25) is 0 Å². The van der Waals surface area contributed by atoms with E-state index in [1.54, 1.807) is 0 Å². The van der Waals surface area contributed by atoms with Crippen LogP contribution < -0.4 is 0 Å². The Bertz CT molecular complexity index is 145. The predicted molar refractivity (Wildman–Crippen MR) is 54.7 cm³/mol. The normalized spacial score (nSPS) is 7.64. The fourth-order valence-corrected chi connectivity index (χ4v) is 0.619. The van der Waals surface area contributed by atoms with Gasteiger partial charge >= 0.3 is 0 Å². The number of rotatable bonds is 2. The molecule has 0 aliphatic rings. The van der Waals surface area contributed by atoms with E-state index in [0.717, 1.165) is 6.42 Å². The summed E-state index contributed by atoms with van der Waals surface area (Å²) in [6.45, 7) is 18.4. The van der Waals surface area contributed by atoms with Crippen molar-refractivity contribution in [2.45, 2.75) is 34.1 Å². The molecule has 0 nitrogen and oxygen atoms in total. The summed E-state index contributed by atoms with van der Waals surface area (Å²) in [5.74, 6) is 0. The summed E-state index contributed by atoms with van der Waals surface area (Å²) >= 11 is 0. The summed E-state index contributed by atoms with van der Waals surface area (Å²) in [5.41, 5.74) is 3.99. The highest BCUT2D eigenvalue weighted by Crippen LogP contribution is 2.13. The maximum Gasteiger partial charge on any atom is -0.0311 e. The molecule has 0 fully saturated rings. The van der Waals surface area contributed by atoms with Crippen molar-refractivity contribution < 1.29 is 0 Å². The summed E-state index contributed by atoms with van der Waals surface area (Å²) in [6, 6.07) is 0. The van der Waals surface area contributed by atoms with Gasteiger partial charge in [-0.3, -0.25) is 0 Å². The van der Waals surface area contributed by atoms with Gasteiger partial charge in [-0.2, -0.15) is 0 Å². The van der Waals surface area contributed by atoms with E-state index in [1.807, 2.05) is 0 Å². The van der Waals surface area contributed by atoms with E-state index in [-0.39, 0.29) is 0 Å². The van der Waals surface area contributed by atoms with Crippen molar-refractivity contribution >= 4 is 0 Å². The van der Waals surface area contributed by atoms with Crippen LogP contribution in [0.2, 0.25) is 0 Å². The van der Waals surface area contributed by atoms with Gasteiger partial charge in [0.25, 0.3) is 0 Å². The minimum atomic E-state index is 1.07. The molecule has 0 amide bonds. The van der Waals surface area contributed by atoms with Gasteiger partial charge < -0.3 is 0 Å². The molecule has 0 spiro atoms. The average molecular weight is 152 g/mol. The molecule has 0 rings (SSSR count). The van der Waals surface area contributed by atoms with Crippen LogP contribution in [0.1, 0.15) is 34.1 Å². The first-order valence-corrected chi connectivity index (χ1v) is 3.91. The Morgan fingerprint density at radius 1 is 1.09 bits per heavy atom. The molecule has 0 bridgehead atoms. The third-order valence-electron chi connectivity index (χ3n) is 1.71. The SMILES string of the molecule is C=C.C=C(CC)C(C)=C(C)C. The van der Waals surface area contributed by atoms with Gasteiger partial charge in [0.05, 0.1) is 0 Å². The molecule has 0 unspecified atom stereocenters. The van der Waals surface area contributed by atoms with Crippen LogP contribution >= 0.6 is 0 Å². The fourth-order valence-electron chi connectivity index (χ4n) is 0.619. The Hall–Kier alpha value is -0.780. The second-order valence-electron chi connectivity index (χ2n) is 2.58. The summed E-state index contributed by atoms with van der Waals surface area (Å²) in [5, 5.41) is 0. The molecule has 0 N–H and O–H groups in total. The number of hydrogen-bond donors (Lipinski definition) is 0. The summed E-state index contributed by atoms with van der Waals surface area (Å²) in [6.07, 6.45) is 1.07. The Balaban J connectivity index is 0. The zero-order valence-corrected chi connectivity index (χ0v) is 8.33. The zero-order chi connectivity index (χ0) is 9.44. The highest BCUT2D eigenvalue weighted by Gasteiger charge is 1.93. The molecule has 0 aromatic carbocycles. The standard InChI is InChI=1S/C9H16.C2H4/c1-6-8(4)9(5)7(2)3;1-2/h4,6H2,1-3,5H3;1-2H2. The molecule has 0 aromatic heterocycles. The molecule has 0 aromatic rings. The van der Waals surface area contributed by atoms with Crippen LogP contribution in [-0.2, 0) is 0 Å². The molecule has 0 saturated heterocycles. The maximum absolute atomic E-state index is 3.94. The Kier molecular flexibility index (Phi) is 8.57. The van der Waals surface area contributed by atoms with Gasteiger partial charge in [-0.1, -0.05) is 24.6 Å². The smallest absolute Gasteiger partial charge is 0.0311 e. The van der Waals surface area contributed by atoms with Crippen molar-refractivity contribution in [2.75, 3.05) is 0 Å². The van der Waals surface area contributed by atoms with Gasteiger partial charge in [0.15, 0.2) is 0 Å². The summed E-state index contributed by atoms with van der Waals surface area (Å²) in [4.78, 5) is 0. The third kappa shape index (κ3) is 5.65.